The number of nitrogens with one attached hydrogen (secondary N) is 1. The van der Waals surface area contributed by atoms with Crippen LogP contribution >= 0.6 is 12.4 Å². The van der Waals surface area contributed by atoms with Gasteiger partial charge in [0, 0.05) is 37.3 Å². The van der Waals surface area contributed by atoms with E-state index in [9.17, 15) is 14.9 Å². The van der Waals surface area contributed by atoms with Gasteiger partial charge in [0.2, 0.25) is 0 Å². The van der Waals surface area contributed by atoms with Crippen molar-refractivity contribution < 1.29 is 9.72 Å². The molecule has 29 heavy (non-hydrogen) atoms. The standard InChI is InChI=1S/C21H26N4O3.ClH/c1-21(2)14-24(11-10-19(21)22)20(26)16-8-9-17(18(12-16)25(27)28)23-13-15-6-4-3-5-7-15;/h3-9,12,19,23H,10-11,13-14,22H2,1-2H3;1H. The Morgan fingerprint density at radius 3 is 2.59 bits per heavy atom. The first-order valence-electron chi connectivity index (χ1n) is 9.39. The SMILES string of the molecule is CC1(C)CN(C(=O)c2ccc(NCc3ccccc3)c([N+](=O)[O-])c2)CCC1N.Cl. The van der Waals surface area contributed by atoms with Gasteiger partial charge in [-0.1, -0.05) is 44.2 Å². The zero-order valence-electron chi connectivity index (χ0n) is 16.6. The maximum Gasteiger partial charge on any atom is 0.293 e. The van der Waals surface area contributed by atoms with Gasteiger partial charge in [0.15, 0.2) is 0 Å². The minimum atomic E-state index is -0.458. The van der Waals surface area contributed by atoms with Gasteiger partial charge in [-0.25, -0.2) is 0 Å². The second-order valence-corrected chi connectivity index (χ2v) is 7.94. The summed E-state index contributed by atoms with van der Waals surface area (Å²) in [5, 5.41) is 14.6. The normalized spacial score (nSPS) is 17.9. The highest BCUT2D eigenvalue weighted by Crippen LogP contribution is 2.31. The van der Waals surface area contributed by atoms with Crippen molar-refractivity contribution in [1.29, 1.82) is 0 Å². The second-order valence-electron chi connectivity index (χ2n) is 7.94. The molecule has 1 fully saturated rings. The Bertz CT molecular complexity index is 873. The molecule has 1 saturated heterocycles. The Morgan fingerprint density at radius 2 is 1.97 bits per heavy atom. The van der Waals surface area contributed by atoms with Crippen LogP contribution in [0, 0.1) is 15.5 Å². The summed E-state index contributed by atoms with van der Waals surface area (Å²) in [4.78, 5) is 25.7. The largest absolute Gasteiger partial charge is 0.375 e. The van der Waals surface area contributed by atoms with Gasteiger partial charge in [0.25, 0.3) is 11.6 Å². The molecular weight excluding hydrogens is 392 g/mol. The zero-order valence-corrected chi connectivity index (χ0v) is 17.4. The van der Waals surface area contributed by atoms with E-state index in [-0.39, 0.29) is 35.5 Å². The number of likely N-dealkylation sites (tertiary alicyclic amines) is 1. The predicted molar refractivity (Wildman–Crippen MR) is 116 cm³/mol. The molecule has 3 rings (SSSR count). The van der Waals surface area contributed by atoms with Crippen LogP contribution in [0.2, 0.25) is 0 Å². The molecule has 1 heterocycles. The number of hydrogen-bond acceptors (Lipinski definition) is 5. The van der Waals surface area contributed by atoms with Gasteiger partial charge in [0.1, 0.15) is 5.69 Å². The number of halogens is 1. The number of nitro benzene ring substituents is 1. The van der Waals surface area contributed by atoms with Crippen molar-refractivity contribution >= 4 is 29.7 Å². The van der Waals surface area contributed by atoms with E-state index in [0.29, 0.717) is 30.9 Å². The number of rotatable bonds is 5. The van der Waals surface area contributed by atoms with Gasteiger partial charge in [-0.15, -0.1) is 12.4 Å². The number of nitrogens with two attached hydrogens (primary N) is 1. The second kappa shape index (κ2) is 9.24. The van der Waals surface area contributed by atoms with E-state index < -0.39 is 4.92 Å². The number of piperidine rings is 1. The minimum absolute atomic E-state index is 0. The van der Waals surface area contributed by atoms with E-state index in [1.165, 1.54) is 6.07 Å². The number of carbonyl (C=O) groups excluding carboxylic acids is 1. The van der Waals surface area contributed by atoms with Gasteiger partial charge >= 0.3 is 0 Å². The zero-order chi connectivity index (χ0) is 20.3. The van der Waals surface area contributed by atoms with Crippen molar-refractivity contribution in [1.82, 2.24) is 4.90 Å². The van der Waals surface area contributed by atoms with Crippen molar-refractivity contribution in [2.45, 2.75) is 32.9 Å². The lowest BCUT2D eigenvalue weighted by Crippen LogP contribution is -2.54. The van der Waals surface area contributed by atoms with E-state index in [1.807, 2.05) is 44.2 Å². The lowest BCUT2D eigenvalue weighted by atomic mass is 9.79. The monoisotopic (exact) mass is 418 g/mol. The molecular formula is C21H27ClN4O3. The summed E-state index contributed by atoms with van der Waals surface area (Å²) in [6, 6.07) is 14.3. The Balaban J connectivity index is 0.00000300. The molecule has 0 aliphatic carbocycles. The lowest BCUT2D eigenvalue weighted by molar-refractivity contribution is -0.384. The fourth-order valence-corrected chi connectivity index (χ4v) is 3.49. The van der Waals surface area contributed by atoms with E-state index in [2.05, 4.69) is 5.32 Å². The third-order valence-electron chi connectivity index (χ3n) is 5.37. The fraction of sp³-hybridized carbons (Fsp3) is 0.381. The number of carbonyl (C=O) groups is 1. The van der Waals surface area contributed by atoms with Gasteiger partial charge in [-0.2, -0.15) is 0 Å². The van der Waals surface area contributed by atoms with Crippen molar-refractivity contribution in [2.75, 3.05) is 18.4 Å². The van der Waals surface area contributed by atoms with Gasteiger partial charge in [-0.3, -0.25) is 14.9 Å². The first-order chi connectivity index (χ1) is 13.3. The number of hydrogen-bond donors (Lipinski definition) is 2. The summed E-state index contributed by atoms with van der Waals surface area (Å²) in [6.07, 6.45) is 0.720. The predicted octanol–water partition coefficient (Wildman–Crippen LogP) is 3.83. The van der Waals surface area contributed by atoms with Crippen LogP contribution in [0.4, 0.5) is 11.4 Å². The van der Waals surface area contributed by atoms with Crippen LogP contribution in [0.1, 0.15) is 36.2 Å². The van der Waals surface area contributed by atoms with E-state index >= 15 is 0 Å². The summed E-state index contributed by atoms with van der Waals surface area (Å²) < 4.78 is 0. The maximum absolute atomic E-state index is 12.9. The molecule has 0 bridgehead atoms. The fourth-order valence-electron chi connectivity index (χ4n) is 3.49. The topological polar surface area (TPSA) is 102 Å². The summed E-state index contributed by atoms with van der Waals surface area (Å²) in [7, 11) is 0. The van der Waals surface area contributed by atoms with Crippen LogP contribution < -0.4 is 11.1 Å². The summed E-state index contributed by atoms with van der Waals surface area (Å²) >= 11 is 0. The summed E-state index contributed by atoms with van der Waals surface area (Å²) in [5.41, 5.74) is 7.59. The van der Waals surface area contributed by atoms with E-state index in [0.717, 1.165) is 12.0 Å². The van der Waals surface area contributed by atoms with Crippen LogP contribution in [0.25, 0.3) is 0 Å². The molecule has 2 aromatic carbocycles. The van der Waals surface area contributed by atoms with Crippen molar-refractivity contribution in [3.8, 4) is 0 Å². The molecule has 2 aromatic rings. The number of nitrogens with zero attached hydrogens (tertiary/aromatic N) is 2. The Hall–Kier alpha value is -2.64. The van der Waals surface area contributed by atoms with Gasteiger partial charge < -0.3 is 16.0 Å². The molecule has 1 aliphatic rings. The minimum Gasteiger partial charge on any atom is -0.375 e. The molecule has 1 unspecified atom stereocenters. The molecule has 0 radical (unpaired) electrons. The Labute approximate surface area is 176 Å². The molecule has 156 valence electrons. The number of nitro groups is 1. The Morgan fingerprint density at radius 1 is 1.28 bits per heavy atom. The van der Waals surface area contributed by atoms with E-state index in [4.69, 9.17) is 5.73 Å². The van der Waals surface area contributed by atoms with Crippen LogP contribution in [-0.2, 0) is 6.54 Å². The van der Waals surface area contributed by atoms with Gasteiger partial charge in [0.05, 0.1) is 4.92 Å². The van der Waals surface area contributed by atoms with Crippen molar-refractivity contribution in [2.24, 2.45) is 11.1 Å². The third-order valence-corrected chi connectivity index (χ3v) is 5.37. The number of anilines is 1. The molecule has 7 nitrogen and oxygen atoms in total. The van der Waals surface area contributed by atoms with Crippen LogP contribution in [-0.4, -0.2) is 34.9 Å². The van der Waals surface area contributed by atoms with Crippen LogP contribution in [0.3, 0.4) is 0 Å². The average Bonchev–Trinajstić information content (AvgIpc) is 2.68. The smallest absolute Gasteiger partial charge is 0.293 e. The lowest BCUT2D eigenvalue weighted by Gasteiger charge is -2.42. The quantitative estimate of drug-likeness (QED) is 0.567. The Kier molecular flexibility index (Phi) is 7.21. The van der Waals surface area contributed by atoms with Gasteiger partial charge in [-0.05, 0) is 29.5 Å². The highest BCUT2D eigenvalue weighted by molar-refractivity contribution is 5.96. The number of amides is 1. The molecule has 1 aliphatic heterocycles. The molecule has 3 N–H and O–H groups in total. The summed E-state index contributed by atoms with van der Waals surface area (Å²) in [5.74, 6) is -0.197. The van der Waals surface area contributed by atoms with Crippen LogP contribution in [0.5, 0.6) is 0 Å². The highest BCUT2D eigenvalue weighted by Gasteiger charge is 2.36. The number of benzene rings is 2. The molecule has 1 atom stereocenters. The highest BCUT2D eigenvalue weighted by atomic mass is 35.5. The average molecular weight is 419 g/mol. The van der Waals surface area contributed by atoms with Crippen LogP contribution in [0.15, 0.2) is 48.5 Å². The molecule has 1 amide bonds. The first kappa shape index (κ1) is 22.6. The first-order valence-corrected chi connectivity index (χ1v) is 9.39. The molecule has 0 spiro atoms. The summed E-state index contributed by atoms with van der Waals surface area (Å²) in [6.45, 7) is 5.64. The van der Waals surface area contributed by atoms with Crippen molar-refractivity contribution in [3.05, 3.63) is 69.8 Å². The third kappa shape index (κ3) is 5.25. The molecule has 8 heteroatoms. The van der Waals surface area contributed by atoms with E-state index in [1.54, 1.807) is 17.0 Å². The van der Waals surface area contributed by atoms with Crippen molar-refractivity contribution in [3.63, 3.8) is 0 Å². The molecule has 0 aromatic heterocycles. The maximum atomic E-state index is 12.9. The molecule has 0 saturated carbocycles.